The molecule has 0 spiro atoms. The summed E-state index contributed by atoms with van der Waals surface area (Å²) < 4.78 is 0. The van der Waals surface area contributed by atoms with Crippen LogP contribution in [0.1, 0.15) is 97.9 Å². The van der Waals surface area contributed by atoms with Crippen molar-refractivity contribution >= 4 is 0 Å². The van der Waals surface area contributed by atoms with Crippen LogP contribution in [0.4, 0.5) is 0 Å². The van der Waals surface area contributed by atoms with E-state index in [9.17, 15) is 0 Å². The molecule has 0 radical (unpaired) electrons. The zero-order valence-electron chi connectivity index (χ0n) is 35.5. The Morgan fingerprint density at radius 2 is 0.650 bits per heavy atom. The maximum atomic E-state index is 3.73. The van der Waals surface area contributed by atoms with Crippen LogP contribution in [-0.2, 0) is 0 Å². The predicted molar refractivity (Wildman–Crippen MR) is 253 cm³/mol. The van der Waals surface area contributed by atoms with Crippen LogP contribution in [0.3, 0.4) is 0 Å². The van der Waals surface area contributed by atoms with Crippen LogP contribution in [0.2, 0.25) is 0 Å². The Kier molecular flexibility index (Phi) is 12.7. The average Bonchev–Trinajstić information content (AvgIpc) is 3.26. The van der Waals surface area contributed by atoms with E-state index in [2.05, 4.69) is 198 Å². The van der Waals surface area contributed by atoms with Gasteiger partial charge in [0.25, 0.3) is 0 Å². The minimum absolute atomic E-state index is 0.0208. The molecule has 60 heavy (non-hydrogen) atoms. The van der Waals surface area contributed by atoms with Crippen molar-refractivity contribution in [3.05, 3.63) is 226 Å². The summed E-state index contributed by atoms with van der Waals surface area (Å²) in [6.07, 6.45) is 0. The van der Waals surface area contributed by atoms with Gasteiger partial charge in [-0.3, -0.25) is 0 Å². The van der Waals surface area contributed by atoms with Crippen LogP contribution in [0, 0.1) is 58.2 Å². The summed E-state index contributed by atoms with van der Waals surface area (Å²) >= 11 is 0. The van der Waals surface area contributed by atoms with Crippen molar-refractivity contribution in [2.45, 2.75) is 53.4 Å². The van der Waals surface area contributed by atoms with Crippen molar-refractivity contribution in [2.24, 2.45) is 10.8 Å². The fourth-order valence-electron chi connectivity index (χ4n) is 7.39. The lowest BCUT2D eigenvalue weighted by molar-refractivity contribution is 0.371. The van der Waals surface area contributed by atoms with E-state index in [1.165, 1.54) is 11.1 Å². The smallest absolute Gasteiger partial charge is 0.0504 e. The van der Waals surface area contributed by atoms with Gasteiger partial charge in [-0.15, -0.1) is 0 Å². The van der Waals surface area contributed by atoms with E-state index in [0.717, 1.165) is 55.6 Å². The first-order valence-corrected chi connectivity index (χ1v) is 20.7. The summed E-state index contributed by atoms with van der Waals surface area (Å²) in [5, 5.41) is 0. The summed E-state index contributed by atoms with van der Waals surface area (Å²) in [6.45, 7) is 13.6. The van der Waals surface area contributed by atoms with Gasteiger partial charge in [0.2, 0.25) is 0 Å². The normalized spacial score (nSPS) is 11.8. The van der Waals surface area contributed by atoms with Crippen LogP contribution < -0.4 is 0 Å². The van der Waals surface area contributed by atoms with Crippen LogP contribution in [0.5, 0.6) is 0 Å². The molecule has 0 amide bonds. The molecule has 0 fully saturated rings. The third-order valence-corrected chi connectivity index (χ3v) is 10.5. The maximum Gasteiger partial charge on any atom is 0.0504 e. The Hall–Kier alpha value is -7.22. The SMILES string of the molecule is CC(C)(C)C(C#Cc1cccc(-c2ccccc2)c1C#Cc1ccccc1)c1ccc(C(C#Cc2cccc(-c3ccccc3)c2C#Cc2ccccc2)C(C)(C)C)cc1. The minimum atomic E-state index is -0.119. The molecule has 7 aromatic rings. The molecule has 0 heterocycles. The molecule has 0 aliphatic heterocycles. The first kappa shape index (κ1) is 41.0. The number of rotatable bonds is 4. The summed E-state index contributed by atoms with van der Waals surface area (Å²) in [5.74, 6) is 28.5. The lowest BCUT2D eigenvalue weighted by Crippen LogP contribution is -2.19. The molecule has 7 rings (SSSR count). The van der Waals surface area contributed by atoms with E-state index in [1.807, 2.05) is 72.8 Å². The van der Waals surface area contributed by atoms with Crippen molar-refractivity contribution in [3.63, 3.8) is 0 Å². The molecule has 7 aromatic carbocycles. The highest BCUT2D eigenvalue weighted by atomic mass is 14.3. The Morgan fingerprint density at radius 3 is 0.983 bits per heavy atom. The topological polar surface area (TPSA) is 0 Å². The fourth-order valence-corrected chi connectivity index (χ4v) is 7.39. The highest BCUT2D eigenvalue weighted by molar-refractivity contribution is 5.76. The third kappa shape index (κ3) is 10.3. The molecule has 2 atom stereocenters. The van der Waals surface area contributed by atoms with E-state index in [4.69, 9.17) is 0 Å². The van der Waals surface area contributed by atoms with Gasteiger partial charge in [0.15, 0.2) is 0 Å². The zero-order valence-corrected chi connectivity index (χ0v) is 35.5. The first-order valence-electron chi connectivity index (χ1n) is 20.7. The first-order chi connectivity index (χ1) is 29.0. The Morgan fingerprint density at radius 1 is 0.317 bits per heavy atom. The third-order valence-electron chi connectivity index (χ3n) is 10.5. The Labute approximate surface area is 358 Å². The highest BCUT2D eigenvalue weighted by Gasteiger charge is 2.28. The molecule has 0 N–H and O–H groups in total. The van der Waals surface area contributed by atoms with Gasteiger partial charge in [-0.05, 0) is 80.6 Å². The molecule has 2 unspecified atom stereocenters. The van der Waals surface area contributed by atoms with E-state index in [1.54, 1.807) is 0 Å². The molecular formula is C60H50. The van der Waals surface area contributed by atoms with Crippen molar-refractivity contribution in [3.8, 4) is 69.6 Å². The number of hydrogen-bond acceptors (Lipinski definition) is 0. The molecule has 290 valence electrons. The molecule has 0 aliphatic carbocycles. The van der Waals surface area contributed by atoms with Crippen molar-refractivity contribution in [1.29, 1.82) is 0 Å². The summed E-state index contributed by atoms with van der Waals surface area (Å²) in [4.78, 5) is 0. The van der Waals surface area contributed by atoms with Gasteiger partial charge < -0.3 is 0 Å². The molecular weight excluding hydrogens is 721 g/mol. The van der Waals surface area contributed by atoms with Crippen LogP contribution in [0.25, 0.3) is 22.3 Å². The van der Waals surface area contributed by atoms with E-state index >= 15 is 0 Å². The second-order valence-corrected chi connectivity index (χ2v) is 17.2. The molecule has 0 aliphatic rings. The molecule has 0 saturated carbocycles. The summed E-state index contributed by atoms with van der Waals surface area (Å²) in [7, 11) is 0. The van der Waals surface area contributed by atoms with Crippen LogP contribution >= 0.6 is 0 Å². The lowest BCUT2D eigenvalue weighted by atomic mass is 9.74. The van der Waals surface area contributed by atoms with Gasteiger partial charge in [0.05, 0.1) is 11.8 Å². The summed E-state index contributed by atoms with van der Waals surface area (Å²) in [5.41, 5.74) is 12.2. The van der Waals surface area contributed by atoms with Crippen molar-refractivity contribution in [1.82, 2.24) is 0 Å². The van der Waals surface area contributed by atoms with Crippen LogP contribution in [-0.4, -0.2) is 0 Å². The van der Waals surface area contributed by atoms with E-state index < -0.39 is 0 Å². The predicted octanol–water partition coefficient (Wildman–Crippen LogP) is 14.2. The van der Waals surface area contributed by atoms with Gasteiger partial charge in [-0.2, -0.15) is 0 Å². The minimum Gasteiger partial charge on any atom is -0.0891 e. The van der Waals surface area contributed by atoms with E-state index in [-0.39, 0.29) is 22.7 Å². The van der Waals surface area contributed by atoms with Crippen LogP contribution in [0.15, 0.2) is 182 Å². The number of benzene rings is 7. The van der Waals surface area contributed by atoms with Gasteiger partial charge >= 0.3 is 0 Å². The fraction of sp³-hybridized carbons (Fsp3) is 0.167. The second kappa shape index (κ2) is 18.6. The zero-order chi connectivity index (χ0) is 42.0. The molecule has 0 aromatic heterocycles. The highest BCUT2D eigenvalue weighted by Crippen LogP contribution is 2.39. The average molecular weight is 771 g/mol. The summed E-state index contributed by atoms with van der Waals surface area (Å²) in [6, 6.07) is 62.9. The number of hydrogen-bond donors (Lipinski definition) is 0. The van der Waals surface area contributed by atoms with E-state index in [0.29, 0.717) is 0 Å². The van der Waals surface area contributed by atoms with Gasteiger partial charge in [0.1, 0.15) is 0 Å². The van der Waals surface area contributed by atoms with Crippen molar-refractivity contribution in [2.75, 3.05) is 0 Å². The van der Waals surface area contributed by atoms with Gasteiger partial charge in [-0.1, -0.05) is 234 Å². The molecule has 0 bridgehead atoms. The second-order valence-electron chi connectivity index (χ2n) is 17.2. The lowest BCUT2D eigenvalue weighted by Gasteiger charge is -2.29. The van der Waals surface area contributed by atoms with Gasteiger partial charge in [0, 0.05) is 33.4 Å². The molecule has 0 nitrogen and oxygen atoms in total. The van der Waals surface area contributed by atoms with Gasteiger partial charge in [-0.25, -0.2) is 0 Å². The molecule has 0 saturated heterocycles. The maximum absolute atomic E-state index is 3.73. The monoisotopic (exact) mass is 770 g/mol. The Bertz CT molecular complexity index is 2600. The quantitative estimate of drug-likeness (QED) is 0.156. The standard InChI is InChI=1S/C60H50/c1-59(2,3)57(43-39-49-29-19-31-53(47-25-15-9-16-26-47)55(49)41-33-45-21-11-7-12-22-45)51-35-37-52(38-36-51)58(60(4,5)6)44-40-50-30-20-32-54(48-27-17-10-18-28-48)56(50)42-34-46-23-13-8-14-24-46/h7-32,35-38,57-58H,1-6H3. The Balaban J connectivity index is 1.25. The van der Waals surface area contributed by atoms with Crippen molar-refractivity contribution < 1.29 is 0 Å². The molecule has 0 heteroatoms. The largest absolute Gasteiger partial charge is 0.0891 e.